The number of hydrogen-bond donors (Lipinski definition) is 2. The third kappa shape index (κ3) is 5.45. The van der Waals surface area contributed by atoms with Gasteiger partial charge in [-0.3, -0.25) is 10.2 Å². The summed E-state index contributed by atoms with van der Waals surface area (Å²) in [4.78, 5) is 12.6. The molecular formula is C13H16ClN3O3. The molecule has 2 N–H and O–H groups in total. The summed E-state index contributed by atoms with van der Waals surface area (Å²) >= 11 is 5.93. The first-order chi connectivity index (χ1) is 9.56. The average molecular weight is 298 g/mol. The maximum absolute atomic E-state index is 10.8. The molecule has 0 fully saturated rings. The molecule has 0 atom stereocenters. The van der Waals surface area contributed by atoms with Crippen LogP contribution in [0, 0.1) is 11.3 Å². The smallest absolute Gasteiger partial charge is 0.409 e. The largest absolute Gasteiger partial charge is 0.465 e. The topological polar surface area (TPSA) is 85.6 Å². The Balaban J connectivity index is 2.88. The van der Waals surface area contributed by atoms with Crippen molar-refractivity contribution in [1.82, 2.24) is 4.90 Å². The monoisotopic (exact) mass is 297 g/mol. The summed E-state index contributed by atoms with van der Waals surface area (Å²) in [6.45, 7) is 1.70. The van der Waals surface area contributed by atoms with Crippen LogP contribution < -0.4 is 5.32 Å². The predicted octanol–water partition coefficient (Wildman–Crippen LogP) is 2.40. The van der Waals surface area contributed by atoms with Crippen LogP contribution in [0.1, 0.15) is 5.56 Å². The van der Waals surface area contributed by atoms with E-state index in [1.165, 1.54) is 0 Å². The van der Waals surface area contributed by atoms with Gasteiger partial charge in [-0.15, -0.1) is 0 Å². The summed E-state index contributed by atoms with van der Waals surface area (Å²) in [5.41, 5.74) is 1.17. The molecule has 108 valence electrons. The molecule has 1 amide bonds. The Bertz CT molecular complexity index is 502. The number of nitrogens with one attached hydrogen (secondary N) is 1. The lowest BCUT2D eigenvalue weighted by molar-refractivity contribution is 0.152. The Hall–Kier alpha value is -1.81. The summed E-state index contributed by atoms with van der Waals surface area (Å²) in [6, 6.07) is 6.97. The first-order valence-electron chi connectivity index (χ1n) is 5.93. The van der Waals surface area contributed by atoms with Gasteiger partial charge in [0, 0.05) is 30.9 Å². The van der Waals surface area contributed by atoms with Gasteiger partial charge in [-0.2, -0.15) is 5.26 Å². The fourth-order valence-electron chi connectivity index (χ4n) is 1.71. The molecule has 1 aromatic carbocycles. The van der Waals surface area contributed by atoms with Crippen LogP contribution in [0.3, 0.4) is 0 Å². The van der Waals surface area contributed by atoms with E-state index >= 15 is 0 Å². The fourth-order valence-corrected chi connectivity index (χ4v) is 1.90. The number of amides is 1. The second-order valence-corrected chi connectivity index (χ2v) is 4.53. The van der Waals surface area contributed by atoms with E-state index in [2.05, 4.69) is 11.4 Å². The van der Waals surface area contributed by atoms with Gasteiger partial charge in [-0.25, -0.2) is 4.79 Å². The summed E-state index contributed by atoms with van der Waals surface area (Å²) in [7, 11) is 1.58. The normalized spacial score (nSPS) is 10.3. The van der Waals surface area contributed by atoms with Crippen molar-refractivity contribution in [3.05, 3.63) is 28.8 Å². The van der Waals surface area contributed by atoms with E-state index < -0.39 is 6.09 Å². The molecule has 0 saturated heterocycles. The zero-order valence-corrected chi connectivity index (χ0v) is 11.9. The van der Waals surface area contributed by atoms with Crippen LogP contribution in [0.4, 0.5) is 10.5 Å². The highest BCUT2D eigenvalue weighted by atomic mass is 35.5. The molecule has 1 aromatic rings. The molecule has 6 nitrogen and oxygen atoms in total. The second-order valence-electron chi connectivity index (χ2n) is 4.09. The van der Waals surface area contributed by atoms with Crippen molar-refractivity contribution in [2.75, 3.05) is 32.1 Å². The molecule has 0 aliphatic heterocycles. The molecule has 7 heteroatoms. The highest BCUT2D eigenvalue weighted by molar-refractivity contribution is 6.30. The van der Waals surface area contributed by atoms with Crippen molar-refractivity contribution in [1.29, 1.82) is 5.26 Å². The zero-order chi connectivity index (χ0) is 15.0. The summed E-state index contributed by atoms with van der Waals surface area (Å²) in [5, 5.41) is 20.5. The number of halogens is 1. The predicted molar refractivity (Wildman–Crippen MR) is 75.9 cm³/mol. The van der Waals surface area contributed by atoms with Crippen LogP contribution in [0.5, 0.6) is 0 Å². The van der Waals surface area contributed by atoms with Crippen LogP contribution in [0.25, 0.3) is 0 Å². The lowest BCUT2D eigenvalue weighted by Gasteiger charge is -2.20. The van der Waals surface area contributed by atoms with Gasteiger partial charge in [0.1, 0.15) is 0 Å². The molecule has 0 heterocycles. The van der Waals surface area contributed by atoms with Gasteiger partial charge in [0.2, 0.25) is 0 Å². The summed E-state index contributed by atoms with van der Waals surface area (Å²) in [5.74, 6) is 0. The van der Waals surface area contributed by atoms with Crippen molar-refractivity contribution in [2.24, 2.45) is 0 Å². The standard InChI is InChI=1S/C13H16ClN3O3/c1-20-7-6-17(5-4-15)9-10-8-11(14)2-3-12(10)16-13(18)19/h2-3,8,16H,5-7,9H2,1H3,(H,18,19). The SMILES string of the molecule is COCCN(CC#N)Cc1cc(Cl)ccc1NC(=O)O. The molecule has 0 aromatic heterocycles. The van der Waals surface area contributed by atoms with Gasteiger partial charge in [-0.1, -0.05) is 11.6 Å². The third-order valence-electron chi connectivity index (χ3n) is 2.61. The number of carboxylic acid groups (broad SMARTS) is 1. The molecule has 0 unspecified atom stereocenters. The quantitative estimate of drug-likeness (QED) is 0.755. The highest BCUT2D eigenvalue weighted by Crippen LogP contribution is 2.22. The van der Waals surface area contributed by atoms with Crippen LogP contribution >= 0.6 is 11.6 Å². The van der Waals surface area contributed by atoms with Crippen LogP contribution in [-0.4, -0.2) is 42.9 Å². The van der Waals surface area contributed by atoms with E-state index in [9.17, 15) is 4.79 Å². The molecule has 0 radical (unpaired) electrons. The maximum Gasteiger partial charge on any atom is 0.409 e. The van der Waals surface area contributed by atoms with Gasteiger partial charge in [0.25, 0.3) is 0 Å². The fraction of sp³-hybridized carbons (Fsp3) is 0.385. The molecular weight excluding hydrogens is 282 g/mol. The average Bonchev–Trinajstić information content (AvgIpc) is 2.39. The minimum Gasteiger partial charge on any atom is -0.465 e. The number of methoxy groups -OCH3 is 1. The van der Waals surface area contributed by atoms with E-state index in [-0.39, 0.29) is 6.54 Å². The number of anilines is 1. The van der Waals surface area contributed by atoms with Crippen LogP contribution in [0.2, 0.25) is 5.02 Å². The minimum atomic E-state index is -1.14. The maximum atomic E-state index is 10.8. The van der Waals surface area contributed by atoms with Gasteiger partial charge in [0.15, 0.2) is 0 Å². The molecule has 0 spiro atoms. The van der Waals surface area contributed by atoms with Crippen molar-refractivity contribution >= 4 is 23.4 Å². The van der Waals surface area contributed by atoms with E-state index in [0.29, 0.717) is 36.0 Å². The first-order valence-corrected chi connectivity index (χ1v) is 6.31. The van der Waals surface area contributed by atoms with Crippen molar-refractivity contribution in [3.8, 4) is 6.07 Å². The number of hydrogen-bond acceptors (Lipinski definition) is 4. The first kappa shape index (κ1) is 16.2. The number of nitriles is 1. The Morgan fingerprint density at radius 2 is 2.35 bits per heavy atom. The number of ether oxygens (including phenoxy) is 1. The van der Waals surface area contributed by atoms with E-state index in [1.54, 1.807) is 25.3 Å². The van der Waals surface area contributed by atoms with Crippen molar-refractivity contribution < 1.29 is 14.6 Å². The van der Waals surface area contributed by atoms with Crippen LogP contribution in [0.15, 0.2) is 18.2 Å². The highest BCUT2D eigenvalue weighted by Gasteiger charge is 2.11. The zero-order valence-electron chi connectivity index (χ0n) is 11.1. The Kier molecular flexibility index (Phi) is 6.81. The Morgan fingerprint density at radius 1 is 1.60 bits per heavy atom. The minimum absolute atomic E-state index is 0.225. The van der Waals surface area contributed by atoms with Gasteiger partial charge in [-0.05, 0) is 23.8 Å². The molecule has 0 aliphatic carbocycles. The Morgan fingerprint density at radius 3 is 2.95 bits per heavy atom. The van der Waals surface area contributed by atoms with Gasteiger partial charge in [0.05, 0.1) is 19.2 Å². The molecule has 0 aliphatic rings. The summed E-state index contributed by atoms with van der Waals surface area (Å²) in [6.07, 6.45) is -1.14. The van der Waals surface area contributed by atoms with E-state index in [0.717, 1.165) is 0 Å². The number of benzene rings is 1. The van der Waals surface area contributed by atoms with Gasteiger partial charge >= 0.3 is 6.09 Å². The molecule has 0 saturated carbocycles. The molecule has 20 heavy (non-hydrogen) atoms. The lowest BCUT2D eigenvalue weighted by atomic mass is 10.1. The lowest BCUT2D eigenvalue weighted by Crippen LogP contribution is -2.28. The summed E-state index contributed by atoms with van der Waals surface area (Å²) < 4.78 is 4.99. The van der Waals surface area contributed by atoms with Gasteiger partial charge < -0.3 is 9.84 Å². The molecule has 1 rings (SSSR count). The van der Waals surface area contributed by atoms with E-state index in [4.69, 9.17) is 26.7 Å². The Labute approximate surface area is 122 Å². The van der Waals surface area contributed by atoms with Crippen molar-refractivity contribution in [3.63, 3.8) is 0 Å². The second kappa shape index (κ2) is 8.38. The van der Waals surface area contributed by atoms with Crippen LogP contribution in [-0.2, 0) is 11.3 Å². The third-order valence-corrected chi connectivity index (χ3v) is 2.84. The van der Waals surface area contributed by atoms with E-state index in [1.807, 2.05) is 4.90 Å². The number of carbonyl (C=O) groups is 1. The number of nitrogens with zero attached hydrogens (tertiary/aromatic N) is 2. The molecule has 0 bridgehead atoms. The van der Waals surface area contributed by atoms with Crippen molar-refractivity contribution in [2.45, 2.75) is 6.54 Å². The number of rotatable bonds is 7.